The average molecular weight is 198 g/mol. The molecule has 1 aliphatic heterocycles. The number of nitrogens with zero attached hydrogens (tertiary/aromatic N) is 1. The van der Waals surface area contributed by atoms with E-state index in [4.69, 9.17) is 0 Å². The molecule has 1 aliphatic rings. The first-order chi connectivity index (χ1) is 6.59. The summed E-state index contributed by atoms with van der Waals surface area (Å²) in [6.45, 7) is 12.9. The van der Waals surface area contributed by atoms with Gasteiger partial charge >= 0.3 is 0 Å². The number of nitrogens with one attached hydrogen (secondary N) is 1. The molecule has 0 aromatic rings. The Morgan fingerprint density at radius 1 is 1.14 bits per heavy atom. The third kappa shape index (κ3) is 3.97. The van der Waals surface area contributed by atoms with Crippen molar-refractivity contribution in [1.82, 2.24) is 10.2 Å². The Balaban J connectivity index is 2.16. The smallest absolute Gasteiger partial charge is 0.00915 e. The number of piperidine rings is 1. The van der Waals surface area contributed by atoms with Gasteiger partial charge in [-0.2, -0.15) is 0 Å². The van der Waals surface area contributed by atoms with Crippen molar-refractivity contribution < 1.29 is 0 Å². The van der Waals surface area contributed by atoms with Gasteiger partial charge in [-0.15, -0.1) is 0 Å². The fraction of sp³-hybridized carbons (Fsp3) is 1.00. The van der Waals surface area contributed by atoms with Crippen LogP contribution in [0.1, 0.15) is 40.5 Å². The molecular weight excluding hydrogens is 172 g/mol. The number of hydrogen-bond donors (Lipinski definition) is 1. The van der Waals surface area contributed by atoms with Gasteiger partial charge in [0, 0.05) is 12.1 Å². The molecule has 0 aliphatic carbocycles. The van der Waals surface area contributed by atoms with Crippen molar-refractivity contribution in [1.29, 1.82) is 0 Å². The SMILES string of the molecule is CC(C)CNC1CCN(C(C)C)CC1. The van der Waals surface area contributed by atoms with Crippen molar-refractivity contribution in [2.75, 3.05) is 19.6 Å². The molecule has 1 fully saturated rings. The molecule has 0 saturated carbocycles. The Kier molecular flexibility index (Phi) is 4.90. The predicted octanol–water partition coefficient (Wildman–Crippen LogP) is 2.10. The van der Waals surface area contributed by atoms with Crippen LogP contribution in [-0.2, 0) is 0 Å². The van der Waals surface area contributed by atoms with E-state index in [-0.39, 0.29) is 0 Å². The van der Waals surface area contributed by atoms with E-state index in [0.717, 1.165) is 18.0 Å². The molecule has 1 rings (SSSR count). The molecule has 84 valence electrons. The Hall–Kier alpha value is -0.0800. The van der Waals surface area contributed by atoms with E-state index in [1.807, 2.05) is 0 Å². The maximum absolute atomic E-state index is 3.65. The van der Waals surface area contributed by atoms with Crippen LogP contribution in [0.3, 0.4) is 0 Å². The highest BCUT2D eigenvalue weighted by atomic mass is 15.2. The van der Waals surface area contributed by atoms with Gasteiger partial charge in [0.25, 0.3) is 0 Å². The second kappa shape index (κ2) is 5.72. The summed E-state index contributed by atoms with van der Waals surface area (Å²) in [7, 11) is 0. The summed E-state index contributed by atoms with van der Waals surface area (Å²) >= 11 is 0. The highest BCUT2D eigenvalue weighted by Crippen LogP contribution is 2.12. The van der Waals surface area contributed by atoms with Crippen molar-refractivity contribution >= 4 is 0 Å². The first-order valence-electron chi connectivity index (χ1n) is 6.07. The lowest BCUT2D eigenvalue weighted by atomic mass is 10.0. The van der Waals surface area contributed by atoms with Gasteiger partial charge in [0.2, 0.25) is 0 Å². The molecule has 1 N–H and O–H groups in total. The van der Waals surface area contributed by atoms with Crippen LogP contribution in [0.25, 0.3) is 0 Å². The molecule has 0 spiro atoms. The molecular formula is C12H26N2. The van der Waals surface area contributed by atoms with Gasteiger partial charge in [-0.3, -0.25) is 0 Å². The van der Waals surface area contributed by atoms with Crippen LogP contribution in [-0.4, -0.2) is 36.6 Å². The fourth-order valence-corrected chi connectivity index (χ4v) is 2.02. The number of likely N-dealkylation sites (tertiary alicyclic amines) is 1. The lowest BCUT2D eigenvalue weighted by Crippen LogP contribution is -2.45. The minimum atomic E-state index is 0.723. The molecule has 1 heterocycles. The van der Waals surface area contributed by atoms with Gasteiger partial charge in [-0.1, -0.05) is 13.8 Å². The van der Waals surface area contributed by atoms with Crippen molar-refractivity contribution in [3.8, 4) is 0 Å². The van der Waals surface area contributed by atoms with Crippen LogP contribution in [0.2, 0.25) is 0 Å². The van der Waals surface area contributed by atoms with E-state index in [1.54, 1.807) is 0 Å². The Morgan fingerprint density at radius 2 is 1.71 bits per heavy atom. The zero-order chi connectivity index (χ0) is 10.6. The van der Waals surface area contributed by atoms with E-state index in [1.165, 1.54) is 32.5 Å². The number of rotatable bonds is 4. The van der Waals surface area contributed by atoms with Gasteiger partial charge in [-0.05, 0) is 52.2 Å². The first-order valence-corrected chi connectivity index (χ1v) is 6.07. The lowest BCUT2D eigenvalue weighted by molar-refractivity contribution is 0.160. The second-order valence-electron chi connectivity index (χ2n) is 5.21. The van der Waals surface area contributed by atoms with Gasteiger partial charge in [0.15, 0.2) is 0 Å². The van der Waals surface area contributed by atoms with Gasteiger partial charge in [0.05, 0.1) is 0 Å². The maximum atomic E-state index is 3.65. The molecule has 0 amide bonds. The summed E-state index contributed by atoms with van der Waals surface area (Å²) in [5, 5.41) is 3.65. The van der Waals surface area contributed by atoms with Crippen molar-refractivity contribution in [2.24, 2.45) is 5.92 Å². The normalized spacial score (nSPS) is 21.0. The highest BCUT2D eigenvalue weighted by molar-refractivity contribution is 4.78. The Labute approximate surface area is 89.1 Å². The minimum absolute atomic E-state index is 0.723. The zero-order valence-corrected chi connectivity index (χ0v) is 10.2. The fourth-order valence-electron chi connectivity index (χ4n) is 2.02. The highest BCUT2D eigenvalue weighted by Gasteiger charge is 2.20. The summed E-state index contributed by atoms with van der Waals surface area (Å²) < 4.78 is 0. The maximum Gasteiger partial charge on any atom is 0.00915 e. The standard InChI is InChI=1S/C12H26N2/c1-10(2)9-13-12-5-7-14(8-6-12)11(3)4/h10-13H,5-9H2,1-4H3. The number of hydrogen-bond acceptors (Lipinski definition) is 2. The summed E-state index contributed by atoms with van der Waals surface area (Å²) in [6.07, 6.45) is 2.65. The molecule has 0 unspecified atom stereocenters. The third-order valence-corrected chi connectivity index (χ3v) is 3.07. The van der Waals surface area contributed by atoms with Crippen LogP contribution < -0.4 is 5.32 Å². The van der Waals surface area contributed by atoms with Crippen LogP contribution in [0.15, 0.2) is 0 Å². The van der Waals surface area contributed by atoms with Crippen molar-refractivity contribution in [2.45, 2.75) is 52.6 Å². The Morgan fingerprint density at radius 3 is 2.14 bits per heavy atom. The van der Waals surface area contributed by atoms with E-state index < -0.39 is 0 Å². The lowest BCUT2D eigenvalue weighted by Gasteiger charge is -2.35. The van der Waals surface area contributed by atoms with Crippen molar-refractivity contribution in [3.63, 3.8) is 0 Å². The van der Waals surface area contributed by atoms with Gasteiger partial charge in [-0.25, -0.2) is 0 Å². The quantitative estimate of drug-likeness (QED) is 0.744. The van der Waals surface area contributed by atoms with Crippen LogP contribution in [0, 0.1) is 5.92 Å². The topological polar surface area (TPSA) is 15.3 Å². The molecule has 0 bridgehead atoms. The van der Waals surface area contributed by atoms with E-state index >= 15 is 0 Å². The van der Waals surface area contributed by atoms with Gasteiger partial charge in [0.1, 0.15) is 0 Å². The van der Waals surface area contributed by atoms with Crippen LogP contribution >= 0.6 is 0 Å². The van der Waals surface area contributed by atoms with Crippen molar-refractivity contribution in [3.05, 3.63) is 0 Å². The third-order valence-electron chi connectivity index (χ3n) is 3.07. The van der Waals surface area contributed by atoms with Crippen LogP contribution in [0.4, 0.5) is 0 Å². The second-order valence-corrected chi connectivity index (χ2v) is 5.21. The summed E-state index contributed by atoms with van der Waals surface area (Å²) in [6, 6.07) is 1.49. The van der Waals surface area contributed by atoms with E-state index in [9.17, 15) is 0 Å². The monoisotopic (exact) mass is 198 g/mol. The molecule has 1 saturated heterocycles. The molecule has 0 aromatic heterocycles. The van der Waals surface area contributed by atoms with E-state index in [2.05, 4.69) is 37.9 Å². The molecule has 2 nitrogen and oxygen atoms in total. The Bertz CT molecular complexity index is 146. The predicted molar refractivity (Wildman–Crippen MR) is 62.6 cm³/mol. The van der Waals surface area contributed by atoms with Gasteiger partial charge < -0.3 is 10.2 Å². The van der Waals surface area contributed by atoms with E-state index in [0.29, 0.717) is 0 Å². The zero-order valence-electron chi connectivity index (χ0n) is 10.2. The first kappa shape index (κ1) is 12.0. The largest absolute Gasteiger partial charge is 0.314 e. The average Bonchev–Trinajstić information content (AvgIpc) is 2.15. The molecule has 0 atom stereocenters. The summed E-state index contributed by atoms with van der Waals surface area (Å²) in [5.74, 6) is 0.776. The van der Waals surface area contributed by atoms with Crippen LogP contribution in [0.5, 0.6) is 0 Å². The molecule has 0 radical (unpaired) electrons. The molecule has 2 heteroatoms. The molecule has 0 aromatic carbocycles. The summed E-state index contributed by atoms with van der Waals surface area (Å²) in [4.78, 5) is 2.58. The summed E-state index contributed by atoms with van der Waals surface area (Å²) in [5.41, 5.74) is 0. The molecule has 14 heavy (non-hydrogen) atoms. The minimum Gasteiger partial charge on any atom is -0.314 e.